The lowest BCUT2D eigenvalue weighted by Gasteiger charge is -2.08. The highest BCUT2D eigenvalue weighted by atomic mass is 35.5. The standard InChI is InChI=1S/C13H18ClN3O2/c1-3-6-15-12(18)8-16-13(19)17-10-5-4-9(2)11(14)7-10/h4-5,7H,3,6,8H2,1-2H3,(H,15,18)(H2,16,17,19). The number of halogens is 1. The van der Waals surface area contributed by atoms with Crippen LogP contribution in [0.15, 0.2) is 18.2 Å². The second kappa shape index (κ2) is 7.63. The van der Waals surface area contributed by atoms with Gasteiger partial charge in [-0.25, -0.2) is 4.79 Å². The smallest absolute Gasteiger partial charge is 0.319 e. The average Bonchev–Trinajstić information content (AvgIpc) is 2.38. The molecule has 0 fully saturated rings. The molecule has 1 aromatic carbocycles. The molecular formula is C13H18ClN3O2. The van der Waals surface area contributed by atoms with Crippen LogP contribution < -0.4 is 16.0 Å². The van der Waals surface area contributed by atoms with Crippen LogP contribution in [-0.2, 0) is 4.79 Å². The Hall–Kier alpha value is -1.75. The van der Waals surface area contributed by atoms with E-state index in [9.17, 15) is 9.59 Å². The van der Waals surface area contributed by atoms with E-state index in [-0.39, 0.29) is 12.5 Å². The number of anilines is 1. The topological polar surface area (TPSA) is 70.2 Å². The number of hydrogen-bond acceptors (Lipinski definition) is 2. The lowest BCUT2D eigenvalue weighted by atomic mass is 10.2. The van der Waals surface area contributed by atoms with Crippen LogP contribution in [0.5, 0.6) is 0 Å². The molecule has 0 aliphatic heterocycles. The van der Waals surface area contributed by atoms with Crippen LogP contribution in [0.2, 0.25) is 5.02 Å². The zero-order valence-corrected chi connectivity index (χ0v) is 11.8. The highest BCUT2D eigenvalue weighted by Gasteiger charge is 2.05. The van der Waals surface area contributed by atoms with Crippen molar-refractivity contribution >= 4 is 29.2 Å². The molecule has 0 spiro atoms. The van der Waals surface area contributed by atoms with Crippen LogP contribution in [-0.4, -0.2) is 25.0 Å². The summed E-state index contributed by atoms with van der Waals surface area (Å²) in [6, 6.07) is 4.78. The molecule has 19 heavy (non-hydrogen) atoms. The Labute approximate surface area is 117 Å². The molecule has 0 aliphatic carbocycles. The summed E-state index contributed by atoms with van der Waals surface area (Å²) in [7, 11) is 0. The Morgan fingerprint density at radius 2 is 2.00 bits per heavy atom. The lowest BCUT2D eigenvalue weighted by Crippen LogP contribution is -2.39. The third-order valence-corrected chi connectivity index (χ3v) is 2.82. The van der Waals surface area contributed by atoms with Crippen molar-refractivity contribution in [1.82, 2.24) is 10.6 Å². The van der Waals surface area contributed by atoms with E-state index in [4.69, 9.17) is 11.6 Å². The molecule has 0 unspecified atom stereocenters. The number of nitrogens with one attached hydrogen (secondary N) is 3. The molecule has 0 bridgehead atoms. The van der Waals surface area contributed by atoms with E-state index in [0.717, 1.165) is 12.0 Å². The summed E-state index contributed by atoms with van der Waals surface area (Å²) in [6.07, 6.45) is 0.861. The van der Waals surface area contributed by atoms with Crippen LogP contribution in [0, 0.1) is 6.92 Å². The first-order valence-electron chi connectivity index (χ1n) is 6.10. The number of urea groups is 1. The van der Waals surface area contributed by atoms with E-state index < -0.39 is 6.03 Å². The van der Waals surface area contributed by atoms with Gasteiger partial charge in [-0.3, -0.25) is 4.79 Å². The van der Waals surface area contributed by atoms with Crippen LogP contribution in [0.1, 0.15) is 18.9 Å². The van der Waals surface area contributed by atoms with Crippen molar-refractivity contribution < 1.29 is 9.59 Å². The molecule has 6 heteroatoms. The molecule has 3 amide bonds. The molecule has 0 saturated heterocycles. The Morgan fingerprint density at radius 1 is 1.26 bits per heavy atom. The van der Waals surface area contributed by atoms with Crippen molar-refractivity contribution in [3.8, 4) is 0 Å². The minimum absolute atomic E-state index is 0.0502. The van der Waals surface area contributed by atoms with Crippen molar-refractivity contribution in [2.75, 3.05) is 18.4 Å². The maximum absolute atomic E-state index is 11.5. The van der Waals surface area contributed by atoms with Crippen LogP contribution >= 0.6 is 11.6 Å². The summed E-state index contributed by atoms with van der Waals surface area (Å²) >= 11 is 5.95. The first-order chi connectivity index (χ1) is 9.02. The largest absolute Gasteiger partial charge is 0.355 e. The number of aryl methyl sites for hydroxylation is 1. The second-order valence-electron chi connectivity index (χ2n) is 4.12. The van der Waals surface area contributed by atoms with E-state index in [2.05, 4.69) is 16.0 Å². The van der Waals surface area contributed by atoms with Gasteiger partial charge in [0.25, 0.3) is 0 Å². The minimum atomic E-state index is -0.438. The third kappa shape index (κ3) is 5.61. The van der Waals surface area contributed by atoms with Gasteiger partial charge in [0.2, 0.25) is 5.91 Å². The van der Waals surface area contributed by atoms with E-state index in [0.29, 0.717) is 17.3 Å². The number of benzene rings is 1. The van der Waals surface area contributed by atoms with Gasteiger partial charge in [-0.15, -0.1) is 0 Å². The van der Waals surface area contributed by atoms with Gasteiger partial charge in [-0.2, -0.15) is 0 Å². The molecule has 5 nitrogen and oxygen atoms in total. The SMILES string of the molecule is CCCNC(=O)CNC(=O)Nc1ccc(C)c(Cl)c1. The summed E-state index contributed by atoms with van der Waals surface area (Å²) in [4.78, 5) is 22.8. The molecular weight excluding hydrogens is 266 g/mol. The fourth-order valence-corrected chi connectivity index (χ4v) is 1.51. The monoisotopic (exact) mass is 283 g/mol. The molecule has 3 N–H and O–H groups in total. The van der Waals surface area contributed by atoms with Crippen molar-refractivity contribution in [3.05, 3.63) is 28.8 Å². The van der Waals surface area contributed by atoms with Gasteiger partial charge in [0.15, 0.2) is 0 Å². The zero-order chi connectivity index (χ0) is 14.3. The highest BCUT2D eigenvalue weighted by Crippen LogP contribution is 2.19. The van der Waals surface area contributed by atoms with E-state index in [1.807, 2.05) is 19.9 Å². The Kier molecular flexibility index (Phi) is 6.15. The second-order valence-corrected chi connectivity index (χ2v) is 4.53. The maximum Gasteiger partial charge on any atom is 0.319 e. The minimum Gasteiger partial charge on any atom is -0.355 e. The Bertz CT molecular complexity index is 463. The highest BCUT2D eigenvalue weighted by molar-refractivity contribution is 6.31. The fraction of sp³-hybridized carbons (Fsp3) is 0.385. The molecule has 104 valence electrons. The number of amides is 3. The van der Waals surface area contributed by atoms with Gasteiger partial charge in [0.05, 0.1) is 6.54 Å². The molecule has 0 radical (unpaired) electrons. The molecule has 0 aliphatic rings. The quantitative estimate of drug-likeness (QED) is 0.776. The van der Waals surface area contributed by atoms with Gasteiger partial charge in [0.1, 0.15) is 0 Å². The van der Waals surface area contributed by atoms with Gasteiger partial charge >= 0.3 is 6.03 Å². The van der Waals surface area contributed by atoms with Gasteiger partial charge in [-0.05, 0) is 31.0 Å². The lowest BCUT2D eigenvalue weighted by molar-refractivity contribution is -0.120. The Morgan fingerprint density at radius 3 is 2.63 bits per heavy atom. The van der Waals surface area contributed by atoms with Crippen molar-refractivity contribution in [3.63, 3.8) is 0 Å². The number of carbonyl (C=O) groups excluding carboxylic acids is 2. The Balaban J connectivity index is 2.38. The van der Waals surface area contributed by atoms with Crippen LogP contribution in [0.4, 0.5) is 10.5 Å². The summed E-state index contributed by atoms with van der Waals surface area (Å²) in [5, 5.41) is 8.32. The molecule has 1 rings (SSSR count). The maximum atomic E-state index is 11.5. The van der Waals surface area contributed by atoms with Crippen molar-refractivity contribution in [2.45, 2.75) is 20.3 Å². The average molecular weight is 284 g/mol. The van der Waals surface area contributed by atoms with E-state index in [1.165, 1.54) is 0 Å². The summed E-state index contributed by atoms with van der Waals surface area (Å²) < 4.78 is 0. The van der Waals surface area contributed by atoms with E-state index in [1.54, 1.807) is 12.1 Å². The van der Waals surface area contributed by atoms with E-state index >= 15 is 0 Å². The molecule has 0 saturated carbocycles. The first-order valence-corrected chi connectivity index (χ1v) is 6.48. The van der Waals surface area contributed by atoms with Gasteiger partial charge in [0, 0.05) is 17.3 Å². The van der Waals surface area contributed by atoms with Crippen LogP contribution in [0.25, 0.3) is 0 Å². The number of carbonyl (C=O) groups is 2. The first kappa shape index (κ1) is 15.3. The molecule has 0 heterocycles. The van der Waals surface area contributed by atoms with Gasteiger partial charge < -0.3 is 16.0 Å². The normalized spacial score (nSPS) is 9.84. The van der Waals surface area contributed by atoms with Crippen LogP contribution in [0.3, 0.4) is 0 Å². The fourth-order valence-electron chi connectivity index (χ4n) is 1.33. The number of rotatable bonds is 5. The summed E-state index contributed by atoms with van der Waals surface area (Å²) in [5.41, 5.74) is 1.52. The predicted molar refractivity (Wildman–Crippen MR) is 76.5 cm³/mol. The zero-order valence-electron chi connectivity index (χ0n) is 11.0. The molecule has 0 atom stereocenters. The third-order valence-electron chi connectivity index (χ3n) is 2.41. The van der Waals surface area contributed by atoms with Crippen molar-refractivity contribution in [1.29, 1.82) is 0 Å². The predicted octanol–water partition coefficient (Wildman–Crippen LogP) is 2.30. The molecule has 1 aromatic rings. The summed E-state index contributed by atoms with van der Waals surface area (Å²) in [5.74, 6) is -0.209. The summed E-state index contributed by atoms with van der Waals surface area (Å²) in [6.45, 7) is 4.40. The van der Waals surface area contributed by atoms with Gasteiger partial charge in [-0.1, -0.05) is 24.6 Å². The van der Waals surface area contributed by atoms with Crippen molar-refractivity contribution in [2.24, 2.45) is 0 Å². The molecule has 0 aromatic heterocycles. The number of hydrogen-bond donors (Lipinski definition) is 3.